The highest BCUT2D eigenvalue weighted by atomic mass is 32.1. The van der Waals surface area contributed by atoms with E-state index >= 15 is 0 Å². The van der Waals surface area contributed by atoms with Crippen molar-refractivity contribution in [3.8, 4) is 16.9 Å². The largest absolute Gasteiger partial charge is 0.327 e. The molecule has 1 saturated heterocycles. The number of aryl methyl sites for hydroxylation is 1. The summed E-state index contributed by atoms with van der Waals surface area (Å²) in [5.74, 6) is -0.188. The molecule has 4 aromatic rings. The molecule has 1 aromatic heterocycles. The third-order valence-corrected chi connectivity index (χ3v) is 5.53. The van der Waals surface area contributed by atoms with Crippen molar-refractivity contribution in [2.45, 2.75) is 6.92 Å². The van der Waals surface area contributed by atoms with Gasteiger partial charge in [-0.15, -0.1) is 0 Å². The Labute approximate surface area is 191 Å². The summed E-state index contributed by atoms with van der Waals surface area (Å²) in [6.07, 6.45) is 3.75. The monoisotopic (exact) mass is 436 g/mol. The average molecular weight is 437 g/mol. The van der Waals surface area contributed by atoms with E-state index in [-0.39, 0.29) is 5.91 Å². The van der Waals surface area contributed by atoms with E-state index in [2.05, 4.69) is 5.32 Å². The molecule has 0 radical (unpaired) electrons. The maximum absolute atomic E-state index is 13.2. The molecule has 0 unspecified atom stereocenters. The van der Waals surface area contributed by atoms with Crippen LogP contribution in [0.5, 0.6) is 0 Å². The Kier molecular flexibility index (Phi) is 5.13. The smallest absolute Gasteiger partial charge is 0.281 e. The number of rotatable bonds is 4. The first-order valence-corrected chi connectivity index (χ1v) is 10.7. The minimum absolute atomic E-state index is 0.188. The van der Waals surface area contributed by atoms with Gasteiger partial charge < -0.3 is 5.32 Å². The number of amides is 1. The minimum Gasteiger partial charge on any atom is -0.327 e. The number of hydrogen-bond acceptors (Lipinski definition) is 3. The van der Waals surface area contributed by atoms with E-state index in [0.29, 0.717) is 10.8 Å². The van der Waals surface area contributed by atoms with Gasteiger partial charge in [-0.3, -0.25) is 9.69 Å². The Morgan fingerprint density at radius 3 is 2.31 bits per heavy atom. The molecule has 1 fully saturated rings. The molecule has 3 aromatic carbocycles. The zero-order valence-electron chi connectivity index (χ0n) is 17.4. The lowest BCUT2D eigenvalue weighted by Crippen LogP contribution is -2.30. The quantitative estimate of drug-likeness (QED) is 0.357. The van der Waals surface area contributed by atoms with Crippen molar-refractivity contribution in [2.75, 3.05) is 4.90 Å². The Balaban J connectivity index is 1.58. The van der Waals surface area contributed by atoms with Crippen molar-refractivity contribution in [1.29, 1.82) is 0 Å². The van der Waals surface area contributed by atoms with E-state index in [9.17, 15) is 4.79 Å². The van der Waals surface area contributed by atoms with Crippen LogP contribution in [0.4, 0.5) is 5.69 Å². The first-order chi connectivity index (χ1) is 15.6. The number of carbonyl (C=O) groups excluding carboxylic acids is 1. The van der Waals surface area contributed by atoms with Crippen molar-refractivity contribution in [3.05, 3.63) is 108 Å². The molecule has 1 N–H and O–H groups in total. The molecule has 6 heteroatoms. The summed E-state index contributed by atoms with van der Waals surface area (Å²) in [4.78, 5) is 14.8. The van der Waals surface area contributed by atoms with Gasteiger partial charge in [0.15, 0.2) is 5.11 Å². The van der Waals surface area contributed by atoms with Crippen molar-refractivity contribution in [1.82, 2.24) is 15.1 Å². The van der Waals surface area contributed by atoms with Gasteiger partial charge in [0, 0.05) is 17.3 Å². The van der Waals surface area contributed by atoms with Gasteiger partial charge in [-0.2, -0.15) is 5.10 Å². The number of para-hydroxylation sites is 1. The van der Waals surface area contributed by atoms with Gasteiger partial charge in [-0.25, -0.2) is 4.68 Å². The van der Waals surface area contributed by atoms with Crippen LogP contribution in [0.25, 0.3) is 23.0 Å². The third kappa shape index (κ3) is 3.72. The Morgan fingerprint density at radius 2 is 1.59 bits per heavy atom. The minimum atomic E-state index is -0.188. The van der Waals surface area contributed by atoms with Gasteiger partial charge >= 0.3 is 0 Å². The lowest BCUT2D eigenvalue weighted by molar-refractivity contribution is -0.113. The summed E-state index contributed by atoms with van der Waals surface area (Å²) in [6, 6.07) is 27.5. The second-order valence-corrected chi connectivity index (χ2v) is 7.93. The average Bonchev–Trinajstić information content (AvgIpc) is 3.35. The molecule has 5 rings (SSSR count). The number of anilines is 1. The molecule has 0 bridgehead atoms. The van der Waals surface area contributed by atoms with Crippen LogP contribution in [0, 0.1) is 6.92 Å². The number of carbonyl (C=O) groups is 1. The molecule has 0 atom stereocenters. The zero-order valence-corrected chi connectivity index (χ0v) is 18.2. The normalized spacial score (nSPS) is 14.8. The molecular weight excluding hydrogens is 416 g/mol. The maximum Gasteiger partial charge on any atom is 0.281 e. The van der Waals surface area contributed by atoms with E-state index in [4.69, 9.17) is 17.3 Å². The molecule has 1 aliphatic rings. The molecular formula is C26H20N4OS. The van der Waals surface area contributed by atoms with Crippen LogP contribution in [0.3, 0.4) is 0 Å². The number of benzene rings is 3. The number of hydrogen-bond donors (Lipinski definition) is 1. The van der Waals surface area contributed by atoms with Gasteiger partial charge in [0.05, 0.1) is 11.4 Å². The van der Waals surface area contributed by atoms with Gasteiger partial charge in [0.1, 0.15) is 11.4 Å². The summed E-state index contributed by atoms with van der Waals surface area (Å²) in [5.41, 5.74) is 5.75. The Bertz CT molecular complexity index is 1340. The summed E-state index contributed by atoms with van der Waals surface area (Å²) < 4.78 is 1.82. The van der Waals surface area contributed by atoms with Crippen LogP contribution >= 0.6 is 12.2 Å². The number of nitrogens with zero attached hydrogens (tertiary/aromatic N) is 3. The molecule has 0 spiro atoms. The van der Waals surface area contributed by atoms with Crippen LogP contribution in [0.15, 0.2) is 96.8 Å². The molecule has 1 aliphatic heterocycles. The predicted molar refractivity (Wildman–Crippen MR) is 131 cm³/mol. The van der Waals surface area contributed by atoms with E-state index in [1.54, 1.807) is 0 Å². The molecule has 2 heterocycles. The van der Waals surface area contributed by atoms with E-state index in [1.807, 2.05) is 109 Å². The van der Waals surface area contributed by atoms with Crippen LogP contribution in [0.2, 0.25) is 0 Å². The lowest BCUT2D eigenvalue weighted by Gasteiger charge is -2.14. The second kappa shape index (κ2) is 8.24. The van der Waals surface area contributed by atoms with Gasteiger partial charge in [0.2, 0.25) is 0 Å². The highest BCUT2D eigenvalue weighted by Crippen LogP contribution is 2.28. The Morgan fingerprint density at radius 1 is 0.906 bits per heavy atom. The molecule has 5 nitrogen and oxygen atoms in total. The van der Waals surface area contributed by atoms with Gasteiger partial charge in [-0.1, -0.05) is 60.7 Å². The first kappa shape index (κ1) is 19.9. The maximum atomic E-state index is 13.2. The van der Waals surface area contributed by atoms with Crippen molar-refractivity contribution < 1.29 is 4.79 Å². The number of thiocarbonyl (C=S) groups is 1. The molecule has 156 valence electrons. The van der Waals surface area contributed by atoms with Crippen LogP contribution < -0.4 is 10.2 Å². The fraction of sp³-hybridized carbons (Fsp3) is 0.0385. The summed E-state index contributed by atoms with van der Waals surface area (Å²) in [5, 5.41) is 8.26. The molecule has 0 saturated carbocycles. The van der Waals surface area contributed by atoms with Crippen LogP contribution in [0.1, 0.15) is 11.1 Å². The molecule has 1 amide bonds. The summed E-state index contributed by atoms with van der Waals surface area (Å²) in [6.45, 7) is 1.99. The van der Waals surface area contributed by atoms with E-state index in [0.717, 1.165) is 33.8 Å². The van der Waals surface area contributed by atoms with Crippen molar-refractivity contribution >= 4 is 35.0 Å². The molecule has 0 aliphatic carbocycles. The fourth-order valence-corrected chi connectivity index (χ4v) is 4.02. The number of nitrogens with one attached hydrogen (secondary N) is 1. The highest BCUT2D eigenvalue weighted by molar-refractivity contribution is 7.80. The standard InChI is InChI=1S/C26H20N4OS/c1-18-9-8-14-22(15-18)30-25(31)23(27-26(30)32)16-20-17-29(21-12-6-3-7-13-21)28-24(20)19-10-4-2-5-11-19/h2-17H,1H3,(H,27,32)/b23-16+. The van der Waals surface area contributed by atoms with E-state index in [1.165, 1.54) is 4.90 Å². The SMILES string of the molecule is Cc1cccc(N2C(=O)/C(=C\c3cn(-c4ccccc4)nc3-c3ccccc3)NC2=S)c1. The third-order valence-electron chi connectivity index (χ3n) is 5.25. The Hall–Kier alpha value is -4.03. The van der Waals surface area contributed by atoms with Crippen LogP contribution in [-0.2, 0) is 4.79 Å². The highest BCUT2D eigenvalue weighted by Gasteiger charge is 2.32. The van der Waals surface area contributed by atoms with Gasteiger partial charge in [0.25, 0.3) is 5.91 Å². The summed E-state index contributed by atoms with van der Waals surface area (Å²) >= 11 is 5.48. The van der Waals surface area contributed by atoms with E-state index < -0.39 is 0 Å². The first-order valence-electron chi connectivity index (χ1n) is 10.2. The second-order valence-electron chi connectivity index (χ2n) is 7.55. The lowest BCUT2D eigenvalue weighted by atomic mass is 10.1. The topological polar surface area (TPSA) is 50.2 Å². The fourth-order valence-electron chi connectivity index (χ4n) is 3.72. The zero-order chi connectivity index (χ0) is 22.1. The van der Waals surface area contributed by atoms with Crippen molar-refractivity contribution in [3.63, 3.8) is 0 Å². The van der Waals surface area contributed by atoms with Crippen molar-refractivity contribution in [2.24, 2.45) is 0 Å². The number of aromatic nitrogens is 2. The predicted octanol–water partition coefficient (Wildman–Crippen LogP) is 5.11. The van der Waals surface area contributed by atoms with Crippen LogP contribution in [-0.4, -0.2) is 20.8 Å². The van der Waals surface area contributed by atoms with Gasteiger partial charge in [-0.05, 0) is 55.0 Å². The summed E-state index contributed by atoms with van der Waals surface area (Å²) in [7, 11) is 0. The molecule has 32 heavy (non-hydrogen) atoms.